The molecule has 4 rings (SSSR count). The lowest BCUT2D eigenvalue weighted by Crippen LogP contribution is -2.18. The van der Waals surface area contributed by atoms with E-state index in [0.717, 1.165) is 22.0 Å². The van der Waals surface area contributed by atoms with Crippen molar-refractivity contribution in [2.45, 2.75) is 6.54 Å². The van der Waals surface area contributed by atoms with E-state index in [1.54, 1.807) is 19.2 Å². The van der Waals surface area contributed by atoms with Crippen LogP contribution in [-0.4, -0.2) is 30.6 Å². The maximum Gasteiger partial charge on any atom is 0.245 e. The number of nitrogens with zero attached hydrogens (tertiary/aromatic N) is 4. The topological polar surface area (TPSA) is 85.0 Å². The summed E-state index contributed by atoms with van der Waals surface area (Å²) in [5.41, 5.74) is 2.92. The highest BCUT2D eigenvalue weighted by atomic mass is 16.3. The number of benzene rings is 2. The third-order valence-corrected chi connectivity index (χ3v) is 4.13. The number of phenolic OH excluding ortho intramolecular Hbond substituents is 1. The molecule has 0 radical (unpaired) electrons. The van der Waals surface area contributed by atoms with E-state index < -0.39 is 0 Å². The Morgan fingerprint density at radius 2 is 2.00 bits per heavy atom. The second-order valence-corrected chi connectivity index (χ2v) is 6.03. The molecule has 0 aliphatic heterocycles. The Hall–Kier alpha value is -3.61. The molecule has 0 atom stereocenters. The molecule has 130 valence electrons. The first-order valence-electron chi connectivity index (χ1n) is 8.13. The summed E-state index contributed by atoms with van der Waals surface area (Å²) in [6.45, 7) is 0.186. The maximum absolute atomic E-state index is 12.2. The standard InChI is InChI=1S/C19H17N5O2/c1-23-20-11-18(22-23)21-19(26)12-24-8-7-15-9-14(5-6-17(15)24)13-3-2-4-16(25)10-13/h2-11,25H,12H2,1H3,(H,21,22,26). The molecule has 0 aliphatic carbocycles. The fraction of sp³-hybridized carbons (Fsp3) is 0.105. The molecule has 1 amide bonds. The van der Waals surface area contributed by atoms with Gasteiger partial charge in [-0.25, -0.2) is 0 Å². The fourth-order valence-corrected chi connectivity index (χ4v) is 2.94. The number of fused-ring (bicyclic) bond motifs is 1. The predicted octanol–water partition coefficient (Wildman–Crippen LogP) is 2.78. The lowest BCUT2D eigenvalue weighted by atomic mass is 10.0. The number of hydrogen-bond donors (Lipinski definition) is 2. The molecule has 0 saturated heterocycles. The SMILES string of the molecule is Cn1ncc(NC(=O)Cn2ccc3cc(-c4cccc(O)c4)ccc32)n1. The zero-order valence-electron chi connectivity index (χ0n) is 14.1. The smallest absolute Gasteiger partial charge is 0.245 e. The molecule has 26 heavy (non-hydrogen) atoms. The zero-order chi connectivity index (χ0) is 18.1. The van der Waals surface area contributed by atoms with Crippen LogP contribution in [0, 0.1) is 0 Å². The molecule has 0 bridgehead atoms. The van der Waals surface area contributed by atoms with Gasteiger partial charge in [-0.05, 0) is 41.5 Å². The molecule has 4 aromatic rings. The molecule has 0 unspecified atom stereocenters. The van der Waals surface area contributed by atoms with Gasteiger partial charge in [0.2, 0.25) is 5.91 Å². The molecular weight excluding hydrogens is 330 g/mol. The highest BCUT2D eigenvalue weighted by Gasteiger charge is 2.09. The fourth-order valence-electron chi connectivity index (χ4n) is 2.94. The van der Waals surface area contributed by atoms with Crippen molar-refractivity contribution in [3.63, 3.8) is 0 Å². The monoisotopic (exact) mass is 347 g/mol. The number of carbonyl (C=O) groups excluding carboxylic acids is 1. The van der Waals surface area contributed by atoms with Crippen LogP contribution in [0.15, 0.2) is 60.9 Å². The molecule has 2 heterocycles. The molecule has 7 heteroatoms. The van der Waals surface area contributed by atoms with Gasteiger partial charge in [0.15, 0.2) is 5.82 Å². The average molecular weight is 347 g/mol. The molecule has 2 aromatic carbocycles. The highest BCUT2D eigenvalue weighted by molar-refractivity contribution is 5.92. The van der Waals surface area contributed by atoms with E-state index in [4.69, 9.17) is 0 Å². The van der Waals surface area contributed by atoms with Crippen molar-refractivity contribution in [1.29, 1.82) is 0 Å². The lowest BCUT2D eigenvalue weighted by molar-refractivity contribution is -0.116. The van der Waals surface area contributed by atoms with Crippen molar-refractivity contribution in [2.75, 3.05) is 5.32 Å². The normalized spacial score (nSPS) is 11.0. The van der Waals surface area contributed by atoms with Crippen molar-refractivity contribution < 1.29 is 9.90 Å². The summed E-state index contributed by atoms with van der Waals surface area (Å²) in [6, 6.07) is 15.1. The number of nitrogens with one attached hydrogen (secondary N) is 1. The van der Waals surface area contributed by atoms with Crippen LogP contribution in [0.4, 0.5) is 5.82 Å². The summed E-state index contributed by atoms with van der Waals surface area (Å²) in [5.74, 6) is 0.501. The Bertz CT molecular complexity index is 1100. The van der Waals surface area contributed by atoms with Crippen LogP contribution in [0.3, 0.4) is 0 Å². The van der Waals surface area contributed by atoms with Gasteiger partial charge in [-0.1, -0.05) is 18.2 Å². The van der Waals surface area contributed by atoms with E-state index in [0.29, 0.717) is 5.82 Å². The number of anilines is 1. The predicted molar refractivity (Wildman–Crippen MR) is 98.7 cm³/mol. The second-order valence-electron chi connectivity index (χ2n) is 6.03. The Balaban J connectivity index is 1.56. The summed E-state index contributed by atoms with van der Waals surface area (Å²) < 4.78 is 1.88. The number of aryl methyl sites for hydroxylation is 1. The number of hydrogen-bond acceptors (Lipinski definition) is 4. The number of amides is 1. The first kappa shape index (κ1) is 15.9. The summed E-state index contributed by atoms with van der Waals surface area (Å²) in [7, 11) is 1.69. The number of rotatable bonds is 4. The molecular formula is C19H17N5O2. The molecule has 7 nitrogen and oxygen atoms in total. The van der Waals surface area contributed by atoms with Crippen LogP contribution in [0.2, 0.25) is 0 Å². The second kappa shape index (κ2) is 6.36. The Morgan fingerprint density at radius 3 is 2.77 bits per heavy atom. The summed E-state index contributed by atoms with van der Waals surface area (Å²) >= 11 is 0. The Morgan fingerprint density at radius 1 is 1.15 bits per heavy atom. The number of carbonyl (C=O) groups is 1. The minimum absolute atomic E-state index is 0.167. The molecule has 0 aliphatic rings. The van der Waals surface area contributed by atoms with Gasteiger partial charge in [0, 0.05) is 24.1 Å². The number of aromatic nitrogens is 4. The van der Waals surface area contributed by atoms with Crippen molar-refractivity contribution in [3.05, 3.63) is 60.9 Å². The summed E-state index contributed by atoms with van der Waals surface area (Å²) in [6.07, 6.45) is 3.39. The van der Waals surface area contributed by atoms with Crippen molar-refractivity contribution in [1.82, 2.24) is 19.6 Å². The van der Waals surface area contributed by atoms with E-state index in [1.165, 1.54) is 11.0 Å². The van der Waals surface area contributed by atoms with E-state index in [9.17, 15) is 9.90 Å². The molecule has 0 fully saturated rings. The van der Waals surface area contributed by atoms with E-state index >= 15 is 0 Å². The number of phenols is 1. The first-order chi connectivity index (χ1) is 12.6. The van der Waals surface area contributed by atoms with Crippen LogP contribution in [-0.2, 0) is 18.4 Å². The Kier molecular flexibility index (Phi) is 3.89. The van der Waals surface area contributed by atoms with Gasteiger partial charge < -0.3 is 15.0 Å². The van der Waals surface area contributed by atoms with E-state index in [1.807, 2.05) is 47.2 Å². The van der Waals surface area contributed by atoms with Crippen LogP contribution in [0.5, 0.6) is 5.75 Å². The molecule has 2 aromatic heterocycles. The maximum atomic E-state index is 12.2. The van der Waals surface area contributed by atoms with Crippen LogP contribution >= 0.6 is 0 Å². The lowest BCUT2D eigenvalue weighted by Gasteiger charge is -2.07. The van der Waals surface area contributed by atoms with Crippen molar-refractivity contribution in [2.24, 2.45) is 7.05 Å². The van der Waals surface area contributed by atoms with Gasteiger partial charge in [0.05, 0.1) is 6.20 Å². The van der Waals surface area contributed by atoms with Gasteiger partial charge in [0.1, 0.15) is 12.3 Å². The summed E-state index contributed by atoms with van der Waals surface area (Å²) in [4.78, 5) is 13.6. The van der Waals surface area contributed by atoms with Gasteiger partial charge in [-0.2, -0.15) is 9.90 Å². The van der Waals surface area contributed by atoms with Gasteiger partial charge >= 0.3 is 0 Å². The third kappa shape index (κ3) is 3.14. The first-order valence-corrected chi connectivity index (χ1v) is 8.13. The van der Waals surface area contributed by atoms with Crippen molar-refractivity contribution in [3.8, 4) is 16.9 Å². The van der Waals surface area contributed by atoms with Gasteiger partial charge in [-0.3, -0.25) is 4.79 Å². The van der Waals surface area contributed by atoms with Crippen LogP contribution in [0.1, 0.15) is 0 Å². The zero-order valence-corrected chi connectivity index (χ0v) is 14.1. The van der Waals surface area contributed by atoms with Crippen LogP contribution < -0.4 is 5.32 Å². The third-order valence-electron chi connectivity index (χ3n) is 4.13. The highest BCUT2D eigenvalue weighted by Crippen LogP contribution is 2.27. The summed E-state index contributed by atoms with van der Waals surface area (Å²) in [5, 5.41) is 21.4. The molecule has 2 N–H and O–H groups in total. The van der Waals surface area contributed by atoms with Crippen LogP contribution in [0.25, 0.3) is 22.0 Å². The minimum atomic E-state index is -0.167. The average Bonchev–Trinajstić information content (AvgIpc) is 3.21. The van der Waals surface area contributed by atoms with E-state index in [-0.39, 0.29) is 18.2 Å². The van der Waals surface area contributed by atoms with Gasteiger partial charge in [-0.15, -0.1) is 5.10 Å². The Labute approximate surface area is 149 Å². The van der Waals surface area contributed by atoms with Gasteiger partial charge in [0.25, 0.3) is 0 Å². The number of aromatic hydroxyl groups is 1. The quantitative estimate of drug-likeness (QED) is 0.594. The van der Waals surface area contributed by atoms with Crippen molar-refractivity contribution >= 4 is 22.6 Å². The van der Waals surface area contributed by atoms with E-state index in [2.05, 4.69) is 15.5 Å². The minimum Gasteiger partial charge on any atom is -0.508 e. The largest absolute Gasteiger partial charge is 0.508 e. The molecule has 0 saturated carbocycles. The molecule has 0 spiro atoms.